The van der Waals surface area contributed by atoms with Crippen molar-refractivity contribution in [3.63, 3.8) is 0 Å². The van der Waals surface area contributed by atoms with E-state index >= 15 is 0 Å². The van der Waals surface area contributed by atoms with E-state index in [0.717, 1.165) is 24.8 Å². The SMILES string of the molecule is CCOc1cccc(C2C3=C(OC4CCC(C)CC4C3=O)C(=O)N2c2cc(C)on2)c1. The standard InChI is InChI=1S/C24H26N2O5/c1-4-29-16-7-5-6-15(12-16)21-20-22(27)17-10-13(2)8-9-18(17)30-23(20)24(28)26(21)19-11-14(3)31-25-19/h5-7,11-13,17-18,21H,4,8-10H2,1-3H3. The average molecular weight is 422 g/mol. The minimum atomic E-state index is -0.627. The molecule has 1 amide bonds. The van der Waals surface area contributed by atoms with Gasteiger partial charge < -0.3 is 14.0 Å². The van der Waals surface area contributed by atoms with E-state index in [9.17, 15) is 9.59 Å². The molecule has 7 heteroatoms. The molecule has 1 aromatic carbocycles. The molecule has 0 radical (unpaired) electrons. The molecule has 0 N–H and O–H groups in total. The Morgan fingerprint density at radius 2 is 2.06 bits per heavy atom. The normalized spacial score (nSPS) is 27.8. The number of amides is 1. The fraction of sp³-hybridized carbons (Fsp3) is 0.458. The highest BCUT2D eigenvalue weighted by atomic mass is 16.5. The van der Waals surface area contributed by atoms with Crippen LogP contribution in [0.3, 0.4) is 0 Å². The summed E-state index contributed by atoms with van der Waals surface area (Å²) >= 11 is 0. The van der Waals surface area contributed by atoms with Crippen molar-refractivity contribution >= 4 is 17.5 Å². The molecule has 0 saturated heterocycles. The first-order chi connectivity index (χ1) is 15.0. The van der Waals surface area contributed by atoms with Crippen LogP contribution in [-0.2, 0) is 14.3 Å². The summed E-state index contributed by atoms with van der Waals surface area (Å²) in [5, 5.41) is 4.07. The van der Waals surface area contributed by atoms with Crippen LogP contribution in [0.25, 0.3) is 0 Å². The van der Waals surface area contributed by atoms with E-state index in [0.29, 0.717) is 35.4 Å². The van der Waals surface area contributed by atoms with Gasteiger partial charge in [-0.1, -0.05) is 24.2 Å². The van der Waals surface area contributed by atoms with Crippen molar-refractivity contribution in [1.29, 1.82) is 0 Å². The number of Topliss-reactive ketones (excluding diaryl/α,β-unsaturated/α-hetero) is 1. The van der Waals surface area contributed by atoms with E-state index in [-0.39, 0.29) is 29.5 Å². The monoisotopic (exact) mass is 422 g/mol. The molecule has 31 heavy (non-hydrogen) atoms. The number of fused-ring (bicyclic) bond motifs is 1. The highest BCUT2D eigenvalue weighted by Gasteiger charge is 2.53. The van der Waals surface area contributed by atoms with Crippen LogP contribution in [0.5, 0.6) is 5.75 Å². The van der Waals surface area contributed by atoms with Crippen LogP contribution in [0.4, 0.5) is 5.82 Å². The summed E-state index contributed by atoms with van der Waals surface area (Å²) in [6.07, 6.45) is 2.33. The molecule has 2 aliphatic heterocycles. The number of hydrogen-bond donors (Lipinski definition) is 0. The van der Waals surface area contributed by atoms with Gasteiger partial charge in [0.15, 0.2) is 17.4 Å². The van der Waals surface area contributed by atoms with Gasteiger partial charge in [-0.05, 0) is 56.7 Å². The molecule has 4 atom stereocenters. The molecular formula is C24H26N2O5. The lowest BCUT2D eigenvalue weighted by Crippen LogP contribution is -2.41. The van der Waals surface area contributed by atoms with Crippen LogP contribution in [0.15, 0.2) is 46.2 Å². The molecule has 1 saturated carbocycles. The van der Waals surface area contributed by atoms with Gasteiger partial charge in [-0.2, -0.15) is 0 Å². The van der Waals surface area contributed by atoms with E-state index in [1.807, 2.05) is 31.2 Å². The minimum Gasteiger partial charge on any atom is -0.494 e. The van der Waals surface area contributed by atoms with Gasteiger partial charge in [-0.15, -0.1) is 0 Å². The molecule has 2 aromatic rings. The molecule has 162 valence electrons. The Balaban J connectivity index is 1.63. The average Bonchev–Trinajstić information content (AvgIpc) is 3.30. The maximum absolute atomic E-state index is 13.7. The van der Waals surface area contributed by atoms with E-state index in [2.05, 4.69) is 12.1 Å². The van der Waals surface area contributed by atoms with Crippen molar-refractivity contribution in [2.45, 2.75) is 52.2 Å². The van der Waals surface area contributed by atoms with Gasteiger partial charge in [0.1, 0.15) is 17.6 Å². The van der Waals surface area contributed by atoms with Crippen molar-refractivity contribution in [3.8, 4) is 5.75 Å². The van der Waals surface area contributed by atoms with Gasteiger partial charge in [0.25, 0.3) is 5.91 Å². The predicted octanol–water partition coefficient (Wildman–Crippen LogP) is 4.13. The summed E-state index contributed by atoms with van der Waals surface area (Å²) in [4.78, 5) is 28.7. The number of aryl methyl sites for hydroxylation is 1. The molecule has 1 aromatic heterocycles. The van der Waals surface area contributed by atoms with E-state index < -0.39 is 6.04 Å². The number of carbonyl (C=O) groups is 2. The summed E-state index contributed by atoms with van der Waals surface area (Å²) < 4.78 is 17.1. The number of anilines is 1. The van der Waals surface area contributed by atoms with Crippen molar-refractivity contribution in [2.75, 3.05) is 11.5 Å². The number of benzene rings is 1. The second-order valence-corrected chi connectivity index (χ2v) is 8.67. The molecule has 1 aliphatic carbocycles. The molecule has 1 fully saturated rings. The first kappa shape index (κ1) is 19.8. The predicted molar refractivity (Wildman–Crippen MR) is 112 cm³/mol. The molecule has 5 rings (SSSR count). The number of hydrogen-bond acceptors (Lipinski definition) is 6. The maximum atomic E-state index is 13.7. The highest BCUT2D eigenvalue weighted by molar-refractivity contribution is 6.17. The summed E-state index contributed by atoms with van der Waals surface area (Å²) in [5.41, 5.74) is 1.21. The van der Waals surface area contributed by atoms with Gasteiger partial charge in [-0.25, -0.2) is 0 Å². The zero-order chi connectivity index (χ0) is 21.7. The maximum Gasteiger partial charge on any atom is 0.295 e. The molecule has 3 heterocycles. The topological polar surface area (TPSA) is 81.9 Å². The van der Waals surface area contributed by atoms with Gasteiger partial charge in [0.05, 0.1) is 24.1 Å². The van der Waals surface area contributed by atoms with Crippen LogP contribution in [0.2, 0.25) is 0 Å². The van der Waals surface area contributed by atoms with Gasteiger partial charge in [0, 0.05) is 6.07 Å². The van der Waals surface area contributed by atoms with E-state index in [1.54, 1.807) is 13.0 Å². The molecule has 4 unspecified atom stereocenters. The third kappa shape index (κ3) is 3.23. The van der Waals surface area contributed by atoms with Gasteiger partial charge >= 0.3 is 0 Å². The smallest absolute Gasteiger partial charge is 0.295 e. The Bertz CT molecular complexity index is 1070. The van der Waals surface area contributed by atoms with Crippen molar-refractivity contribution in [3.05, 3.63) is 53.0 Å². The lowest BCUT2D eigenvalue weighted by Gasteiger charge is -2.37. The van der Waals surface area contributed by atoms with Crippen LogP contribution < -0.4 is 9.64 Å². The van der Waals surface area contributed by atoms with E-state index in [4.69, 9.17) is 14.0 Å². The molecule has 0 bridgehead atoms. The lowest BCUT2D eigenvalue weighted by molar-refractivity contribution is -0.132. The van der Waals surface area contributed by atoms with Crippen LogP contribution in [-0.4, -0.2) is 29.6 Å². The Morgan fingerprint density at radius 1 is 1.23 bits per heavy atom. The molecular weight excluding hydrogens is 396 g/mol. The second kappa shape index (κ2) is 7.55. The second-order valence-electron chi connectivity index (χ2n) is 8.67. The van der Waals surface area contributed by atoms with Crippen LogP contribution in [0, 0.1) is 18.8 Å². The lowest BCUT2D eigenvalue weighted by atomic mass is 9.74. The Kier molecular flexibility index (Phi) is 4.84. The number of ether oxygens (including phenoxy) is 2. The summed E-state index contributed by atoms with van der Waals surface area (Å²) in [7, 11) is 0. The quantitative estimate of drug-likeness (QED) is 0.737. The first-order valence-corrected chi connectivity index (χ1v) is 10.9. The number of nitrogens with zero attached hydrogens (tertiary/aromatic N) is 2. The zero-order valence-electron chi connectivity index (χ0n) is 18.0. The Labute approximate surface area is 181 Å². The summed E-state index contributed by atoms with van der Waals surface area (Å²) in [6.45, 7) is 6.38. The fourth-order valence-corrected chi connectivity index (χ4v) is 5.04. The van der Waals surface area contributed by atoms with Crippen LogP contribution in [0.1, 0.15) is 50.5 Å². The summed E-state index contributed by atoms with van der Waals surface area (Å²) in [6, 6.07) is 8.59. The molecule has 0 spiro atoms. The number of aromatic nitrogens is 1. The minimum absolute atomic E-state index is 0.0145. The Hall–Kier alpha value is -3.09. The number of ketones is 1. The zero-order valence-corrected chi connectivity index (χ0v) is 18.0. The third-order valence-electron chi connectivity index (χ3n) is 6.46. The van der Waals surface area contributed by atoms with Crippen molar-refractivity contribution in [1.82, 2.24) is 5.16 Å². The third-order valence-corrected chi connectivity index (χ3v) is 6.46. The highest BCUT2D eigenvalue weighted by Crippen LogP contribution is 2.49. The van der Waals surface area contributed by atoms with E-state index in [1.165, 1.54) is 4.90 Å². The Morgan fingerprint density at radius 3 is 2.81 bits per heavy atom. The fourth-order valence-electron chi connectivity index (χ4n) is 5.04. The van der Waals surface area contributed by atoms with Gasteiger partial charge in [-0.3, -0.25) is 14.5 Å². The number of rotatable bonds is 4. The first-order valence-electron chi connectivity index (χ1n) is 10.9. The van der Waals surface area contributed by atoms with Gasteiger partial charge in [0.2, 0.25) is 0 Å². The molecule has 3 aliphatic rings. The molecule has 7 nitrogen and oxygen atoms in total. The van der Waals surface area contributed by atoms with Crippen molar-refractivity contribution in [2.24, 2.45) is 11.8 Å². The largest absolute Gasteiger partial charge is 0.494 e. The number of carbonyl (C=O) groups excluding carboxylic acids is 2. The summed E-state index contributed by atoms with van der Waals surface area (Å²) in [5.74, 6) is 1.72. The van der Waals surface area contributed by atoms with Crippen LogP contribution >= 0.6 is 0 Å². The van der Waals surface area contributed by atoms with Crippen molar-refractivity contribution < 1.29 is 23.6 Å².